The summed E-state index contributed by atoms with van der Waals surface area (Å²) in [5, 5.41) is 10.9. The van der Waals surface area contributed by atoms with Crippen molar-refractivity contribution in [3.05, 3.63) is 69.0 Å². The van der Waals surface area contributed by atoms with Crippen LogP contribution < -0.4 is 0 Å². The molecule has 5 heteroatoms. The fourth-order valence-corrected chi connectivity index (χ4v) is 8.11. The molecule has 5 nitrogen and oxygen atoms in total. The quantitative estimate of drug-likeness (QED) is 0.158. The Kier molecular flexibility index (Phi) is 7.92. The van der Waals surface area contributed by atoms with Crippen molar-refractivity contribution in [2.24, 2.45) is 16.2 Å². The van der Waals surface area contributed by atoms with Crippen LogP contribution in [0.1, 0.15) is 115 Å². The van der Waals surface area contributed by atoms with Crippen molar-refractivity contribution in [1.29, 1.82) is 0 Å². The molecule has 0 heterocycles. The molecule has 0 aromatic heterocycles. The summed E-state index contributed by atoms with van der Waals surface area (Å²) in [5.41, 5.74) is 6.65. The van der Waals surface area contributed by atoms with Crippen molar-refractivity contribution >= 4 is 29.2 Å². The van der Waals surface area contributed by atoms with E-state index in [2.05, 4.69) is 54.2 Å². The van der Waals surface area contributed by atoms with Crippen LogP contribution in [-0.4, -0.2) is 29.2 Å². The maximum Gasteiger partial charge on any atom is 0.330 e. The van der Waals surface area contributed by atoms with Gasteiger partial charge in [-0.3, -0.25) is 9.59 Å². The molecule has 0 aliphatic heterocycles. The normalized spacial score (nSPS) is 27.8. The van der Waals surface area contributed by atoms with E-state index in [0.29, 0.717) is 13.0 Å². The van der Waals surface area contributed by atoms with Gasteiger partial charge in [-0.25, -0.2) is 4.79 Å². The van der Waals surface area contributed by atoms with Gasteiger partial charge in [0.15, 0.2) is 11.6 Å². The van der Waals surface area contributed by atoms with Gasteiger partial charge in [-0.05, 0) is 109 Å². The smallest absolute Gasteiger partial charge is 0.330 e. The third-order valence-electron chi connectivity index (χ3n) is 10.3. The van der Waals surface area contributed by atoms with E-state index in [1.807, 2.05) is 19.9 Å². The molecule has 0 saturated heterocycles. The molecule has 0 fully saturated rings. The summed E-state index contributed by atoms with van der Waals surface area (Å²) in [6.45, 7) is 23.2. The van der Waals surface area contributed by atoms with Crippen LogP contribution in [0.4, 0.5) is 0 Å². The van der Waals surface area contributed by atoms with Gasteiger partial charge < -0.3 is 9.84 Å². The van der Waals surface area contributed by atoms with Crippen LogP contribution in [0.2, 0.25) is 0 Å². The highest BCUT2D eigenvalue weighted by Crippen LogP contribution is 2.68. The average Bonchev–Trinajstić information content (AvgIpc) is 2.85. The summed E-state index contributed by atoms with van der Waals surface area (Å²) in [5.74, 6) is -0.862. The molecular formula is C36H46O5. The first-order chi connectivity index (χ1) is 19.0. The van der Waals surface area contributed by atoms with Gasteiger partial charge in [0, 0.05) is 12.5 Å². The molecule has 220 valence electrons. The summed E-state index contributed by atoms with van der Waals surface area (Å²) in [4.78, 5) is 38.9. The van der Waals surface area contributed by atoms with E-state index in [9.17, 15) is 19.5 Å². The Hall–Kier alpha value is -3.21. The van der Waals surface area contributed by atoms with Gasteiger partial charge >= 0.3 is 5.97 Å². The summed E-state index contributed by atoms with van der Waals surface area (Å²) in [6, 6.07) is 2.19. The first-order valence-corrected chi connectivity index (χ1v) is 14.9. The first kappa shape index (κ1) is 30.7. The largest absolute Gasteiger partial charge is 0.511 e. The van der Waals surface area contributed by atoms with Crippen molar-refractivity contribution in [3.8, 4) is 0 Å². The van der Waals surface area contributed by atoms with Crippen LogP contribution in [-0.2, 0) is 25.5 Å². The van der Waals surface area contributed by atoms with E-state index in [0.717, 1.165) is 52.7 Å². The Labute approximate surface area is 245 Å². The molecule has 1 aromatic rings. The lowest BCUT2D eigenvalue weighted by Crippen LogP contribution is -2.56. The second-order valence-electron chi connectivity index (χ2n) is 13.5. The number of carbonyl (C=O) groups excluding carboxylic acids is 3. The SMILES string of the molecule is C=C1C2=C(C)[C@@]3(C)C(=O)C(C(C)=O)=C(O)C[C@@]3(C)C[C@@]2(C)Cc2c(C(C)C)cc(/C=C/C(=O)OCCCC)c(C)c21. The van der Waals surface area contributed by atoms with E-state index in [4.69, 9.17) is 4.74 Å². The predicted octanol–water partition coefficient (Wildman–Crippen LogP) is 8.16. The zero-order valence-corrected chi connectivity index (χ0v) is 26.3. The Morgan fingerprint density at radius 1 is 1.17 bits per heavy atom. The molecule has 0 amide bonds. The summed E-state index contributed by atoms with van der Waals surface area (Å²) in [6.07, 6.45) is 6.91. The highest BCUT2D eigenvalue weighted by molar-refractivity contribution is 6.23. The number of esters is 1. The summed E-state index contributed by atoms with van der Waals surface area (Å²) >= 11 is 0. The lowest BCUT2D eigenvalue weighted by molar-refractivity contribution is -0.138. The molecule has 0 radical (unpaired) electrons. The van der Waals surface area contributed by atoms with E-state index in [1.54, 1.807) is 0 Å². The predicted molar refractivity (Wildman–Crippen MR) is 165 cm³/mol. The molecule has 3 aliphatic carbocycles. The topological polar surface area (TPSA) is 80.7 Å². The van der Waals surface area contributed by atoms with Gasteiger partial charge in [0.25, 0.3) is 0 Å². The molecule has 1 N–H and O–H groups in total. The Morgan fingerprint density at radius 2 is 1.83 bits per heavy atom. The maximum absolute atomic E-state index is 14.0. The minimum Gasteiger partial charge on any atom is -0.511 e. The zero-order chi connectivity index (χ0) is 30.7. The van der Waals surface area contributed by atoms with Gasteiger partial charge in [0.1, 0.15) is 5.76 Å². The second-order valence-corrected chi connectivity index (χ2v) is 13.5. The number of benzene rings is 1. The van der Waals surface area contributed by atoms with E-state index >= 15 is 0 Å². The van der Waals surface area contributed by atoms with Crippen molar-refractivity contribution in [2.75, 3.05) is 6.61 Å². The van der Waals surface area contributed by atoms with Crippen LogP contribution in [0.25, 0.3) is 11.6 Å². The lowest BCUT2D eigenvalue weighted by Gasteiger charge is -2.59. The number of rotatable bonds is 7. The molecule has 41 heavy (non-hydrogen) atoms. The number of ketones is 2. The first-order valence-electron chi connectivity index (χ1n) is 14.9. The number of Topliss-reactive ketones (excluding diaryl/α,β-unsaturated/α-hetero) is 2. The molecule has 3 atom stereocenters. The van der Waals surface area contributed by atoms with Crippen LogP contribution in [0, 0.1) is 23.2 Å². The van der Waals surface area contributed by atoms with Gasteiger partial charge in [-0.1, -0.05) is 59.3 Å². The molecule has 4 rings (SSSR count). The van der Waals surface area contributed by atoms with Crippen molar-refractivity contribution in [2.45, 2.75) is 100 Å². The Morgan fingerprint density at radius 3 is 2.41 bits per heavy atom. The third-order valence-corrected chi connectivity index (χ3v) is 10.3. The highest BCUT2D eigenvalue weighted by atomic mass is 16.5. The molecule has 0 saturated carbocycles. The highest BCUT2D eigenvalue weighted by Gasteiger charge is 2.63. The number of fused-ring (bicyclic) bond motifs is 3. The van der Waals surface area contributed by atoms with Crippen LogP contribution in [0.5, 0.6) is 0 Å². The van der Waals surface area contributed by atoms with Gasteiger partial charge in [-0.15, -0.1) is 0 Å². The molecular weight excluding hydrogens is 512 g/mol. The van der Waals surface area contributed by atoms with Crippen molar-refractivity contribution in [3.63, 3.8) is 0 Å². The van der Waals surface area contributed by atoms with Crippen LogP contribution >= 0.6 is 0 Å². The molecule has 0 unspecified atom stereocenters. The van der Waals surface area contributed by atoms with Gasteiger partial charge in [0.05, 0.1) is 17.6 Å². The van der Waals surface area contributed by atoms with Crippen LogP contribution in [0.15, 0.2) is 41.2 Å². The molecule has 1 aromatic carbocycles. The van der Waals surface area contributed by atoms with E-state index in [-0.39, 0.29) is 40.8 Å². The fraction of sp³-hybridized carbons (Fsp3) is 0.528. The molecule has 0 bridgehead atoms. The Balaban J connectivity index is 1.91. The number of allylic oxidation sites excluding steroid dienone is 5. The Bertz CT molecular complexity index is 1450. The van der Waals surface area contributed by atoms with Crippen molar-refractivity contribution in [1.82, 2.24) is 0 Å². The molecule has 3 aliphatic rings. The summed E-state index contributed by atoms with van der Waals surface area (Å²) in [7, 11) is 0. The second kappa shape index (κ2) is 10.6. The molecule has 0 spiro atoms. The third kappa shape index (κ3) is 4.66. The van der Waals surface area contributed by atoms with Gasteiger partial charge in [0.2, 0.25) is 0 Å². The number of hydrogen-bond donors (Lipinski definition) is 1. The zero-order valence-electron chi connectivity index (χ0n) is 26.3. The minimum absolute atomic E-state index is 0.0631. The van der Waals surface area contributed by atoms with Crippen LogP contribution in [0.3, 0.4) is 0 Å². The fourth-order valence-electron chi connectivity index (χ4n) is 8.11. The number of hydrogen-bond acceptors (Lipinski definition) is 5. The lowest BCUT2D eigenvalue weighted by atomic mass is 9.42. The monoisotopic (exact) mass is 558 g/mol. The number of aliphatic hydroxyl groups excluding tert-OH is 1. The summed E-state index contributed by atoms with van der Waals surface area (Å²) < 4.78 is 5.34. The maximum atomic E-state index is 14.0. The van der Waals surface area contributed by atoms with Crippen molar-refractivity contribution < 1.29 is 24.2 Å². The van der Waals surface area contributed by atoms with E-state index in [1.165, 1.54) is 24.1 Å². The standard InChI is InChI=1S/C36H46O5/c1-11-12-15-41-29(39)14-13-25-16-26(20(2)3)27-17-34(8)19-35(9)18-28(38)31(24(7)37)33(40)36(35,10)23(6)32(34)22(5)30(27)21(25)4/h13-14,16,20,38H,5,11-12,15,17-19H2,1-4,6-10H3/b14-13+/t34-,35+,36+/m1/s1. The van der Waals surface area contributed by atoms with Gasteiger partial charge in [-0.2, -0.15) is 0 Å². The number of unbranched alkanes of at least 4 members (excludes halogenated alkanes) is 1. The number of aliphatic hydroxyl groups is 1. The van der Waals surface area contributed by atoms with E-state index < -0.39 is 16.6 Å². The minimum atomic E-state index is -0.940. The average molecular weight is 559 g/mol. The number of ether oxygens (including phenoxy) is 1. The number of carbonyl (C=O) groups is 3.